The normalized spacial score (nSPS) is 28.5. The number of rotatable bonds is 69. The molecule has 44 nitrogen and oxygen atoms in total. The first-order chi connectivity index (χ1) is 69.3. The largest absolute Gasteiger partial charge is 0.483 e. The van der Waals surface area contributed by atoms with E-state index in [1.165, 1.54) is 68.7 Å². The number of aliphatic hydroxyl groups excluding tert-OH is 9. The number of nitrogens with zero attached hydrogens (tertiary/aromatic N) is 2. The lowest BCUT2D eigenvalue weighted by molar-refractivity contribution is -0.870. The van der Waals surface area contributed by atoms with E-state index < -0.39 is 237 Å². The Labute approximate surface area is 880 Å². The molecule has 0 aromatic carbocycles. The van der Waals surface area contributed by atoms with Crippen LogP contribution in [0.25, 0.3) is 0 Å². The lowest BCUT2D eigenvalue weighted by atomic mass is 9.94. The van der Waals surface area contributed by atoms with Gasteiger partial charge in [-0.25, -0.2) is 22.8 Å². The van der Waals surface area contributed by atoms with Crippen molar-refractivity contribution in [3.8, 4) is 0 Å². The van der Waals surface area contributed by atoms with Crippen molar-refractivity contribution in [2.45, 2.75) is 380 Å². The zero-order valence-electron chi connectivity index (χ0n) is 91.1. The molecule has 4 aliphatic rings. The lowest BCUT2D eigenvalue weighted by Gasteiger charge is -2.48. The molecular weight excluding hydrogens is 2050 g/mol. The molecule has 860 valence electrons. The number of amides is 3. The molecule has 0 aromatic rings. The third kappa shape index (κ3) is 55.9. The van der Waals surface area contributed by atoms with Gasteiger partial charge in [-0.1, -0.05) is 128 Å². The number of nitrogens with one attached hydrogen (secondary N) is 3. The monoisotopic (exact) mass is 2230 g/mol. The van der Waals surface area contributed by atoms with Crippen LogP contribution in [0.4, 0.5) is 0 Å². The van der Waals surface area contributed by atoms with Crippen LogP contribution in [0.1, 0.15) is 239 Å². The molecule has 4 saturated heterocycles. The van der Waals surface area contributed by atoms with Gasteiger partial charge in [0.2, 0.25) is 17.7 Å². The van der Waals surface area contributed by atoms with Crippen LogP contribution in [0.2, 0.25) is 0 Å². The van der Waals surface area contributed by atoms with E-state index in [1.807, 2.05) is 6.92 Å². The van der Waals surface area contributed by atoms with Crippen LogP contribution in [0, 0.1) is 0 Å². The fourth-order valence-electron chi connectivity index (χ4n) is 15.9. The van der Waals surface area contributed by atoms with Crippen LogP contribution in [0.5, 0.6) is 0 Å². The second-order valence-electron chi connectivity index (χ2n) is 41.6. The summed E-state index contributed by atoms with van der Waals surface area (Å²) in [5.74, 6) is -2.66. The first-order valence-electron chi connectivity index (χ1n) is 50.9. The summed E-state index contributed by atoms with van der Waals surface area (Å²) in [5, 5.41) is 109. The van der Waals surface area contributed by atoms with Crippen molar-refractivity contribution in [1.29, 1.82) is 0 Å². The fraction of sp³-hybridized carbons (Fsp3) is 0.750. The minimum atomic E-state index is -5.78. The number of hydrogen-bond donors (Lipinski definition) is 18. The molecule has 3 amide bonds. The van der Waals surface area contributed by atoms with E-state index in [0.29, 0.717) is 17.3 Å². The van der Waals surface area contributed by atoms with Crippen molar-refractivity contribution >= 4 is 56.8 Å². The molecule has 0 spiro atoms. The second-order valence-corrected chi connectivity index (χ2v) is 48.9. The zero-order chi connectivity index (χ0) is 112. The number of likely N-dealkylation sites (N-methyl/N-ethyl adjacent to an activating group) is 2. The Morgan fingerprint density at radius 1 is 0.349 bits per heavy atom. The SMILES string of the molecule is CC(=O)N[C@H]1[C@@H](O[C@H]2[C@@H](O)[C@@H](COP(=O)(O)OCC[N+](C)(C)C)O[C@@H](OC[C@H](O)[C@H](O)[C@H](O)COP(=O)(O)OC[C@H]3O[C@@H](O[C@H]4[C@@H](N)[C@@H](C)O[C@@H](OP(=O)(O)OP(=O)(O)OC/C=C(/C)CC/C=C(/C)CC/C=C(/C)CC/C=C(/C)CC/C=C(/C)CC/C=C(/C)CC/C=C(/C)CC/C=C(/C)CC/C=C(\C)CC/C=C(\C)CCC=C(C)C)[C@@H]4NC(C)=O)[C@H](O)[C@@H](O)[C@@H]3O)[C@@H]2NC(C)=O)O[C@H](COP(=O)(O)OCC[N+](C)(C)C)[C@H](O)[C@@H]1O. The molecule has 0 radical (unpaired) electrons. The number of hydrogen-bond acceptors (Lipinski definition) is 34. The smallest absolute Gasteiger partial charge is 0.388 e. The Bertz CT molecular complexity index is 4720. The topological polar surface area (TPSA) is 630 Å². The average Bonchev–Trinajstić information content (AvgIpc) is 0.776. The van der Waals surface area contributed by atoms with Crippen LogP contribution < -0.4 is 21.7 Å². The highest BCUT2D eigenvalue weighted by Gasteiger charge is 2.56. The van der Waals surface area contributed by atoms with E-state index >= 15 is 0 Å². The summed E-state index contributed by atoms with van der Waals surface area (Å²) in [6.45, 7) is 23.6. The van der Waals surface area contributed by atoms with Crippen molar-refractivity contribution in [2.24, 2.45) is 5.73 Å². The summed E-state index contributed by atoms with van der Waals surface area (Å²) in [6.07, 6.45) is 5.89. The molecule has 4 aliphatic heterocycles. The van der Waals surface area contributed by atoms with Gasteiger partial charge in [-0.3, -0.25) is 50.6 Å². The van der Waals surface area contributed by atoms with E-state index in [2.05, 4.69) is 150 Å². The lowest BCUT2D eigenvalue weighted by Crippen LogP contribution is -2.70. The van der Waals surface area contributed by atoms with Gasteiger partial charge in [0.1, 0.15) is 130 Å². The minimum absolute atomic E-state index is 0.189. The molecule has 4 rings (SSSR count). The van der Waals surface area contributed by atoms with Gasteiger partial charge < -0.3 is 134 Å². The molecule has 28 atom stereocenters. The quantitative estimate of drug-likeness (QED) is 0.0153. The van der Waals surface area contributed by atoms with Crippen LogP contribution in [0.15, 0.2) is 128 Å². The van der Waals surface area contributed by atoms with E-state index in [9.17, 15) is 108 Å². The molecule has 49 heteroatoms. The maximum absolute atomic E-state index is 13.6. The van der Waals surface area contributed by atoms with E-state index in [-0.39, 0.29) is 30.8 Å². The Balaban J connectivity index is 1.28. The van der Waals surface area contributed by atoms with Crippen molar-refractivity contribution in [3.63, 3.8) is 0 Å². The maximum atomic E-state index is 13.6. The van der Waals surface area contributed by atoms with Gasteiger partial charge in [0.15, 0.2) is 25.2 Å². The summed E-state index contributed by atoms with van der Waals surface area (Å²) in [6, 6.07) is -6.87. The van der Waals surface area contributed by atoms with Gasteiger partial charge in [0.05, 0.1) is 94.1 Å². The predicted octanol–water partition coefficient (Wildman–Crippen LogP) is 11.1. The number of phosphoric ester groups is 5. The third-order valence-electron chi connectivity index (χ3n) is 25.0. The number of quaternary nitrogens is 2. The van der Waals surface area contributed by atoms with Crippen molar-refractivity contribution < 1.29 is 190 Å². The highest BCUT2D eigenvalue weighted by molar-refractivity contribution is 7.61. The Kier molecular flexibility index (Phi) is 61.4. The number of ether oxygens (including phenoxy) is 7. The van der Waals surface area contributed by atoms with Gasteiger partial charge in [0.25, 0.3) is 0 Å². The van der Waals surface area contributed by atoms with Crippen molar-refractivity contribution in [1.82, 2.24) is 16.0 Å². The van der Waals surface area contributed by atoms with Crippen LogP contribution in [-0.4, -0.2) is 346 Å². The zero-order valence-corrected chi connectivity index (χ0v) is 95.6. The molecule has 149 heavy (non-hydrogen) atoms. The molecule has 0 saturated carbocycles. The number of phosphoric acid groups is 5. The molecule has 19 N–H and O–H groups in total. The molecule has 0 aromatic heterocycles. The van der Waals surface area contributed by atoms with Gasteiger partial charge in [-0.15, -0.1) is 0 Å². The summed E-state index contributed by atoms with van der Waals surface area (Å²) in [5.41, 5.74) is 21.3. The number of carbonyl (C=O) groups excluding carboxylic acids is 3. The molecule has 5 unspecified atom stereocenters. The fourth-order valence-corrected chi connectivity index (χ4v) is 20.2. The molecule has 4 heterocycles. The molecule has 0 aliphatic carbocycles. The van der Waals surface area contributed by atoms with Crippen LogP contribution >= 0.6 is 39.1 Å². The van der Waals surface area contributed by atoms with Gasteiger partial charge in [-0.2, -0.15) is 4.31 Å². The van der Waals surface area contributed by atoms with Crippen molar-refractivity contribution in [2.75, 3.05) is 108 Å². The molecular formula is C100H179N6O38P5+2. The predicted molar refractivity (Wildman–Crippen MR) is 559 cm³/mol. The highest BCUT2D eigenvalue weighted by atomic mass is 31.3. The Morgan fingerprint density at radius 3 is 1.03 bits per heavy atom. The first kappa shape index (κ1) is 137. The Morgan fingerprint density at radius 2 is 0.664 bits per heavy atom. The van der Waals surface area contributed by atoms with Crippen molar-refractivity contribution in [3.05, 3.63) is 128 Å². The number of carbonyl (C=O) groups is 3. The molecule has 0 bridgehead atoms. The molecule has 4 fully saturated rings. The number of nitrogens with two attached hydrogens (primary N) is 1. The van der Waals surface area contributed by atoms with E-state index in [0.717, 1.165) is 142 Å². The van der Waals surface area contributed by atoms with Gasteiger partial charge >= 0.3 is 39.1 Å². The summed E-state index contributed by atoms with van der Waals surface area (Å²) in [4.78, 5) is 92.1. The van der Waals surface area contributed by atoms with Crippen LogP contribution in [0.3, 0.4) is 0 Å². The second kappa shape index (κ2) is 66.9. The van der Waals surface area contributed by atoms with E-state index in [4.69, 9.17) is 75.1 Å². The van der Waals surface area contributed by atoms with Gasteiger partial charge in [0, 0.05) is 20.8 Å². The summed E-state index contributed by atoms with van der Waals surface area (Å²) in [7, 11) is -16.1. The maximum Gasteiger partial charge on any atom is 0.483 e. The standard InChI is InChI=1S/C100H177N6O38P5/c1-64(2)33-23-34-65(3)35-24-36-66(4)37-25-38-67(5)39-26-40-68(6)41-27-42-69(7)43-28-44-70(8)45-29-46-71(9)47-30-48-72(10)49-31-50-73(11)51-32-52-74(12)53-56-130-148(125,126)144-149(127,128)143-99-86(103-77(15)108)95(84(101)75(13)137-99)141-100-94(118)93(117)90(114)82(140-100)62-136-147(123,124)133-60-80(111)88(112)79(110)59-129-97-87(104-78(16)109)96(91(115)83(138-97)63-135-146(121,122)132-58-55-106(20,21)22)142-98-85(102-76(14)107)92(116)89(113)81(139-98)61-134-145(119,120)131-57-54-105(17,18)19/h33,35,37,39,41,43,45,47,49,51,53,75,79-100,110-118H,23-32,34,36,38,40,42,44,46,48,50,52,54-63,101H2,1-22H3,(H6-2,102,103,104,107,108,109,119,120,121,122,123,124,125,126,127,128)/p+2/b65-35+,66-37+,67-39-,68-41-,69-43-,70-45-,71-47-,72-49-,73-51-,74-53-/t75-,79+,80-,81-,82-,83-,84+,85-,86-,87-,88+,89+,90-,91+,92-,93+,94-,95+,96-,97-,98-,99+,100+/m1/s1. The Hall–Kier alpha value is -4.62. The summed E-state index contributed by atoms with van der Waals surface area (Å²) >= 11 is 0. The average molecular weight is 2230 g/mol. The number of aliphatic hydroxyl groups is 9. The minimum Gasteiger partial charge on any atom is -0.388 e. The van der Waals surface area contributed by atoms with Crippen LogP contribution in [-0.2, 0) is 111 Å². The first-order valence-corrected chi connectivity index (χ1v) is 58.3. The van der Waals surface area contributed by atoms with E-state index in [1.54, 1.807) is 49.2 Å². The number of allylic oxidation sites excluding steroid dienone is 21. The van der Waals surface area contributed by atoms with Gasteiger partial charge in [-0.05, 0) is 218 Å². The third-order valence-corrected chi connectivity index (χ3v) is 30.5. The summed E-state index contributed by atoms with van der Waals surface area (Å²) < 4.78 is 154. The highest BCUT2D eigenvalue weighted by Crippen LogP contribution is 2.62.